The highest BCUT2D eigenvalue weighted by atomic mass is 15.2. The maximum absolute atomic E-state index is 4.62. The van der Waals surface area contributed by atoms with Gasteiger partial charge in [-0.2, -0.15) is 0 Å². The molecule has 0 fully saturated rings. The molecule has 0 bridgehead atoms. The van der Waals surface area contributed by atoms with Crippen LogP contribution in [0.5, 0.6) is 0 Å². The molecule has 0 saturated carbocycles. The lowest BCUT2D eigenvalue weighted by Crippen LogP contribution is -2.21. The molecule has 0 saturated heterocycles. The van der Waals surface area contributed by atoms with Crippen LogP contribution in [-0.2, 0) is 6.54 Å². The Morgan fingerprint density at radius 1 is 1.12 bits per heavy atom. The van der Waals surface area contributed by atoms with Gasteiger partial charge in [0, 0.05) is 54.7 Å². The third-order valence-corrected chi connectivity index (χ3v) is 5.02. The molecular formula is C19H19N5. The molecule has 0 atom stereocenters. The number of fused-ring (bicyclic) bond motifs is 2. The normalized spacial score (nSPS) is 16.7. The zero-order chi connectivity index (χ0) is 16.1. The number of H-pyrrole nitrogens is 1. The minimum absolute atomic E-state index is 0.836. The van der Waals surface area contributed by atoms with Crippen molar-refractivity contribution in [3.8, 4) is 11.1 Å². The summed E-state index contributed by atoms with van der Waals surface area (Å²) in [4.78, 5) is 15.1. The Morgan fingerprint density at radius 3 is 2.96 bits per heavy atom. The van der Waals surface area contributed by atoms with Gasteiger partial charge in [0.1, 0.15) is 11.5 Å². The van der Waals surface area contributed by atoms with E-state index in [-0.39, 0.29) is 0 Å². The van der Waals surface area contributed by atoms with Gasteiger partial charge in [0.05, 0.1) is 0 Å². The number of rotatable bonds is 1. The number of anilines is 1. The quantitative estimate of drug-likeness (QED) is 0.724. The van der Waals surface area contributed by atoms with E-state index in [1.807, 2.05) is 18.5 Å². The lowest BCUT2D eigenvalue weighted by Gasteiger charge is -2.20. The molecule has 0 radical (unpaired) electrons. The molecule has 120 valence electrons. The van der Waals surface area contributed by atoms with E-state index < -0.39 is 0 Å². The molecule has 2 aliphatic rings. The van der Waals surface area contributed by atoms with Gasteiger partial charge < -0.3 is 15.2 Å². The van der Waals surface area contributed by atoms with Gasteiger partial charge in [0.2, 0.25) is 0 Å². The second kappa shape index (κ2) is 5.18. The second-order valence-corrected chi connectivity index (χ2v) is 6.47. The summed E-state index contributed by atoms with van der Waals surface area (Å²) in [5.74, 6) is 1.03. The third kappa shape index (κ3) is 1.91. The number of aromatic amines is 1. The summed E-state index contributed by atoms with van der Waals surface area (Å²) in [5.41, 5.74) is 7.34. The molecule has 2 N–H and O–H groups in total. The molecule has 0 unspecified atom stereocenters. The molecular weight excluding hydrogens is 298 g/mol. The summed E-state index contributed by atoms with van der Waals surface area (Å²) in [5, 5.41) is 4.63. The summed E-state index contributed by atoms with van der Waals surface area (Å²) in [6.45, 7) is 2.80. The van der Waals surface area contributed by atoms with Crippen LogP contribution in [0.1, 0.15) is 17.7 Å². The average Bonchev–Trinajstić information content (AvgIpc) is 2.95. The van der Waals surface area contributed by atoms with Crippen molar-refractivity contribution in [2.45, 2.75) is 13.0 Å². The van der Waals surface area contributed by atoms with Crippen LogP contribution < -0.4 is 10.2 Å². The van der Waals surface area contributed by atoms with Crippen molar-refractivity contribution in [3.63, 3.8) is 0 Å². The first kappa shape index (κ1) is 13.7. The van der Waals surface area contributed by atoms with E-state index in [4.69, 9.17) is 0 Å². The Balaban J connectivity index is 1.83. The van der Waals surface area contributed by atoms with Crippen molar-refractivity contribution in [2.75, 3.05) is 25.0 Å². The van der Waals surface area contributed by atoms with Crippen LogP contribution in [0.3, 0.4) is 0 Å². The highest BCUT2D eigenvalue weighted by molar-refractivity contribution is 6.02. The largest absolute Gasteiger partial charge is 0.355 e. The first-order chi connectivity index (χ1) is 11.8. The van der Waals surface area contributed by atoms with Gasteiger partial charge in [-0.1, -0.05) is 6.08 Å². The maximum Gasteiger partial charge on any atom is 0.138 e. The number of hydrogen-bond acceptors (Lipinski definition) is 4. The van der Waals surface area contributed by atoms with E-state index in [0.29, 0.717) is 0 Å². The topological polar surface area (TPSA) is 56.8 Å². The van der Waals surface area contributed by atoms with E-state index in [1.54, 1.807) is 0 Å². The Morgan fingerprint density at radius 2 is 2.08 bits per heavy atom. The Bertz CT molecular complexity index is 969. The molecule has 5 heterocycles. The van der Waals surface area contributed by atoms with E-state index in [0.717, 1.165) is 37.5 Å². The fourth-order valence-electron chi connectivity index (χ4n) is 3.91. The smallest absolute Gasteiger partial charge is 0.138 e. The zero-order valence-electron chi connectivity index (χ0n) is 13.6. The molecule has 2 aliphatic heterocycles. The molecule has 3 aromatic heterocycles. The summed E-state index contributed by atoms with van der Waals surface area (Å²) in [7, 11) is 2.12. The molecule has 5 rings (SSSR count). The summed E-state index contributed by atoms with van der Waals surface area (Å²) >= 11 is 0. The van der Waals surface area contributed by atoms with Crippen molar-refractivity contribution in [3.05, 3.63) is 47.9 Å². The van der Waals surface area contributed by atoms with Gasteiger partial charge in [-0.15, -0.1) is 0 Å². The van der Waals surface area contributed by atoms with Gasteiger partial charge >= 0.3 is 0 Å². The van der Waals surface area contributed by atoms with Crippen molar-refractivity contribution in [1.82, 2.24) is 20.3 Å². The van der Waals surface area contributed by atoms with E-state index in [1.165, 1.54) is 33.3 Å². The number of hydrogen-bond donors (Lipinski definition) is 2. The Kier molecular flexibility index (Phi) is 2.97. The predicted octanol–water partition coefficient (Wildman–Crippen LogP) is 2.95. The standard InChI is InChI=1S/C19H19N5/c1-24-11-15-16-13(14-3-2-7-22-19(14)24)6-10-21-18(16)23-17(15)12-4-8-20-9-5-12/h2-4,6-7,10,20H,5,8-9,11H2,1H3,(H,21,23). The lowest BCUT2D eigenvalue weighted by molar-refractivity contribution is 0.736. The number of nitrogens with one attached hydrogen (secondary N) is 2. The van der Waals surface area contributed by atoms with Crippen molar-refractivity contribution in [1.29, 1.82) is 0 Å². The van der Waals surface area contributed by atoms with Gasteiger partial charge in [-0.25, -0.2) is 9.97 Å². The second-order valence-electron chi connectivity index (χ2n) is 6.47. The molecule has 5 nitrogen and oxygen atoms in total. The first-order valence-electron chi connectivity index (χ1n) is 8.39. The minimum atomic E-state index is 0.836. The molecule has 0 spiro atoms. The van der Waals surface area contributed by atoms with E-state index >= 15 is 0 Å². The number of pyridine rings is 2. The fourth-order valence-corrected chi connectivity index (χ4v) is 3.91. The van der Waals surface area contributed by atoms with Crippen molar-refractivity contribution >= 4 is 22.4 Å². The lowest BCUT2D eigenvalue weighted by atomic mass is 9.98. The monoisotopic (exact) mass is 317 g/mol. The maximum atomic E-state index is 4.62. The Hall–Kier alpha value is -2.66. The minimum Gasteiger partial charge on any atom is -0.355 e. The van der Waals surface area contributed by atoms with Gasteiger partial charge in [0.25, 0.3) is 0 Å². The number of nitrogens with zero attached hydrogens (tertiary/aromatic N) is 3. The van der Waals surface area contributed by atoms with Crippen molar-refractivity contribution in [2.24, 2.45) is 0 Å². The van der Waals surface area contributed by atoms with Crippen LogP contribution in [0, 0.1) is 0 Å². The van der Waals surface area contributed by atoms with Crippen LogP contribution in [0.15, 0.2) is 36.7 Å². The number of aromatic nitrogens is 3. The van der Waals surface area contributed by atoms with Crippen LogP contribution in [0.25, 0.3) is 27.7 Å². The molecule has 0 aromatic carbocycles. The molecule has 24 heavy (non-hydrogen) atoms. The molecule has 5 heteroatoms. The van der Waals surface area contributed by atoms with E-state index in [2.05, 4.69) is 50.4 Å². The predicted molar refractivity (Wildman–Crippen MR) is 96.9 cm³/mol. The highest BCUT2D eigenvalue weighted by Gasteiger charge is 2.25. The fraction of sp³-hybridized carbons (Fsp3) is 0.263. The van der Waals surface area contributed by atoms with Crippen LogP contribution in [0.4, 0.5) is 5.82 Å². The summed E-state index contributed by atoms with van der Waals surface area (Å²) < 4.78 is 0. The van der Waals surface area contributed by atoms with E-state index in [9.17, 15) is 0 Å². The molecule has 0 aliphatic carbocycles. The van der Waals surface area contributed by atoms with Crippen LogP contribution in [-0.4, -0.2) is 35.1 Å². The van der Waals surface area contributed by atoms with Crippen LogP contribution >= 0.6 is 0 Å². The summed E-state index contributed by atoms with van der Waals surface area (Å²) in [6.07, 6.45) is 7.09. The van der Waals surface area contributed by atoms with Gasteiger partial charge in [0.15, 0.2) is 0 Å². The van der Waals surface area contributed by atoms with Gasteiger partial charge in [-0.3, -0.25) is 0 Å². The molecule has 3 aromatic rings. The van der Waals surface area contributed by atoms with Crippen molar-refractivity contribution < 1.29 is 0 Å². The average molecular weight is 317 g/mol. The SMILES string of the molecule is CN1Cc2c(C3=CCNCC3)[nH]c3nccc(c23)-c2cccnc21. The third-order valence-electron chi connectivity index (χ3n) is 5.02. The first-order valence-corrected chi connectivity index (χ1v) is 8.39. The summed E-state index contributed by atoms with van der Waals surface area (Å²) in [6, 6.07) is 6.27. The Labute approximate surface area is 140 Å². The van der Waals surface area contributed by atoms with Crippen LogP contribution in [0.2, 0.25) is 0 Å². The molecule has 0 amide bonds. The van der Waals surface area contributed by atoms with Gasteiger partial charge in [-0.05, 0) is 42.3 Å². The highest BCUT2D eigenvalue weighted by Crippen LogP contribution is 2.41. The zero-order valence-corrected chi connectivity index (χ0v) is 13.6.